The lowest BCUT2D eigenvalue weighted by Gasteiger charge is -2.65. The lowest BCUT2D eigenvalue weighted by molar-refractivity contribution is -0.249. The summed E-state index contributed by atoms with van der Waals surface area (Å²) < 4.78 is 5.14. The number of aliphatic hydroxyl groups is 3. The highest BCUT2D eigenvalue weighted by Gasteiger charge is 2.68. The molecule has 0 spiro atoms. The molecule has 7 unspecified atom stereocenters. The molecule has 0 radical (unpaired) electrons. The van der Waals surface area contributed by atoms with E-state index < -0.39 is 17.3 Å². The number of aliphatic hydroxyl groups excluding tert-OH is 1. The van der Waals surface area contributed by atoms with Gasteiger partial charge in [-0.3, -0.25) is 0 Å². The van der Waals surface area contributed by atoms with Gasteiger partial charge in [0.25, 0.3) is 0 Å². The molecular formula is C23H32O5. The third-order valence-corrected chi connectivity index (χ3v) is 9.55. The molecule has 1 heterocycles. The van der Waals surface area contributed by atoms with Gasteiger partial charge in [0.2, 0.25) is 0 Å². The zero-order valence-corrected chi connectivity index (χ0v) is 16.9. The van der Waals surface area contributed by atoms with Gasteiger partial charge in [0, 0.05) is 23.5 Å². The van der Waals surface area contributed by atoms with Crippen LogP contribution in [0.25, 0.3) is 0 Å². The van der Waals surface area contributed by atoms with E-state index in [1.165, 1.54) is 0 Å². The van der Waals surface area contributed by atoms with Crippen molar-refractivity contribution in [2.45, 2.75) is 82.5 Å². The van der Waals surface area contributed by atoms with E-state index in [0.717, 1.165) is 43.3 Å². The van der Waals surface area contributed by atoms with Gasteiger partial charge in [-0.25, -0.2) is 4.79 Å². The maximum Gasteiger partial charge on any atom is 0.331 e. The number of carbonyl (C=O) groups is 1. The van der Waals surface area contributed by atoms with Gasteiger partial charge < -0.3 is 20.1 Å². The highest BCUT2D eigenvalue weighted by Crippen LogP contribution is 2.69. The van der Waals surface area contributed by atoms with Crippen LogP contribution in [-0.2, 0) is 9.53 Å². The first-order valence-electron chi connectivity index (χ1n) is 10.8. The minimum Gasteiger partial charge on any atom is -0.458 e. The van der Waals surface area contributed by atoms with E-state index in [0.29, 0.717) is 25.9 Å². The van der Waals surface area contributed by atoms with Crippen molar-refractivity contribution in [1.29, 1.82) is 0 Å². The number of hydrogen-bond acceptors (Lipinski definition) is 5. The van der Waals surface area contributed by atoms with Crippen molar-refractivity contribution >= 4 is 5.97 Å². The van der Waals surface area contributed by atoms with Crippen molar-refractivity contribution in [3.05, 3.63) is 23.3 Å². The highest BCUT2D eigenvalue weighted by molar-refractivity contribution is 5.86. The Bertz CT molecular complexity index is 786. The van der Waals surface area contributed by atoms with Gasteiger partial charge in [0.1, 0.15) is 6.61 Å². The second-order valence-electron chi connectivity index (χ2n) is 10.5. The summed E-state index contributed by atoms with van der Waals surface area (Å²) in [7, 11) is 0. The summed E-state index contributed by atoms with van der Waals surface area (Å²) in [6, 6.07) is 0. The molecule has 0 saturated heterocycles. The lowest BCUT2D eigenvalue weighted by atomic mass is 9.42. The molecule has 0 amide bonds. The number of hydrogen-bond donors (Lipinski definition) is 3. The first-order valence-corrected chi connectivity index (χ1v) is 10.8. The fourth-order valence-corrected chi connectivity index (χ4v) is 7.79. The highest BCUT2D eigenvalue weighted by atomic mass is 16.5. The molecule has 154 valence electrons. The van der Waals surface area contributed by atoms with Crippen molar-refractivity contribution in [1.82, 2.24) is 0 Å². The maximum atomic E-state index is 12.1. The quantitative estimate of drug-likeness (QED) is 0.601. The fourth-order valence-electron chi connectivity index (χ4n) is 7.79. The molecule has 28 heavy (non-hydrogen) atoms. The smallest absolute Gasteiger partial charge is 0.331 e. The Labute approximate surface area is 166 Å². The second-order valence-corrected chi connectivity index (χ2v) is 10.5. The third-order valence-electron chi connectivity index (χ3n) is 9.55. The predicted molar refractivity (Wildman–Crippen MR) is 103 cm³/mol. The Balaban J connectivity index is 1.50. The summed E-state index contributed by atoms with van der Waals surface area (Å²) in [4.78, 5) is 11.6. The average Bonchev–Trinajstić information content (AvgIpc) is 3.17. The molecule has 0 bridgehead atoms. The Morgan fingerprint density at radius 1 is 1.07 bits per heavy atom. The molecule has 3 N–H and O–H groups in total. The molecule has 0 aromatic heterocycles. The molecule has 3 fully saturated rings. The normalized spacial score (nSPS) is 52.9. The first-order chi connectivity index (χ1) is 13.1. The van der Waals surface area contributed by atoms with Crippen LogP contribution in [0.1, 0.15) is 65.2 Å². The molecule has 0 aromatic carbocycles. The van der Waals surface area contributed by atoms with E-state index in [4.69, 9.17) is 4.74 Å². The molecule has 5 aliphatic rings. The van der Waals surface area contributed by atoms with Crippen molar-refractivity contribution in [3.63, 3.8) is 0 Å². The zero-order chi connectivity index (χ0) is 19.9. The monoisotopic (exact) mass is 388 g/mol. The largest absolute Gasteiger partial charge is 0.458 e. The van der Waals surface area contributed by atoms with Gasteiger partial charge in [0.15, 0.2) is 0 Å². The summed E-state index contributed by atoms with van der Waals surface area (Å²) in [6.45, 7) is 4.65. The number of fused-ring (bicyclic) bond motifs is 5. The number of esters is 1. The van der Waals surface area contributed by atoms with Crippen LogP contribution in [0.4, 0.5) is 0 Å². The van der Waals surface area contributed by atoms with Crippen molar-refractivity contribution < 1.29 is 24.9 Å². The van der Waals surface area contributed by atoms with Crippen LogP contribution in [-0.4, -0.2) is 45.2 Å². The number of carbonyl (C=O) groups excluding carboxylic acids is 1. The van der Waals surface area contributed by atoms with Gasteiger partial charge in [-0.05, 0) is 67.8 Å². The van der Waals surface area contributed by atoms with Crippen molar-refractivity contribution in [3.8, 4) is 0 Å². The minimum absolute atomic E-state index is 0.124. The van der Waals surface area contributed by atoms with Gasteiger partial charge in [0.05, 0.1) is 17.3 Å². The molecule has 0 aromatic rings. The molecule has 3 saturated carbocycles. The van der Waals surface area contributed by atoms with Crippen LogP contribution in [0, 0.1) is 22.7 Å². The summed E-state index contributed by atoms with van der Waals surface area (Å²) in [5, 5.41) is 33.7. The van der Waals surface area contributed by atoms with Gasteiger partial charge in [-0.2, -0.15) is 0 Å². The van der Waals surface area contributed by atoms with E-state index in [9.17, 15) is 20.1 Å². The fraction of sp³-hybridized carbons (Fsp3) is 0.783. The van der Waals surface area contributed by atoms with E-state index in [1.54, 1.807) is 6.08 Å². The molecule has 7 atom stereocenters. The Morgan fingerprint density at radius 2 is 1.82 bits per heavy atom. The van der Waals surface area contributed by atoms with Crippen LogP contribution in [0.3, 0.4) is 0 Å². The third kappa shape index (κ3) is 2.16. The van der Waals surface area contributed by atoms with E-state index >= 15 is 0 Å². The van der Waals surface area contributed by atoms with Gasteiger partial charge in [-0.1, -0.05) is 19.9 Å². The van der Waals surface area contributed by atoms with E-state index in [-0.39, 0.29) is 28.6 Å². The van der Waals surface area contributed by atoms with Crippen LogP contribution in [0.15, 0.2) is 23.3 Å². The van der Waals surface area contributed by atoms with Gasteiger partial charge >= 0.3 is 5.97 Å². The summed E-state index contributed by atoms with van der Waals surface area (Å²) in [5.41, 5.74) is -0.322. The Morgan fingerprint density at radius 3 is 2.54 bits per heavy atom. The number of cyclic esters (lactones) is 1. The summed E-state index contributed by atoms with van der Waals surface area (Å²) in [6.07, 6.45) is 9.11. The number of rotatable bonds is 1. The van der Waals surface area contributed by atoms with E-state index in [2.05, 4.69) is 19.9 Å². The lowest BCUT2D eigenvalue weighted by Crippen LogP contribution is -2.67. The zero-order valence-electron chi connectivity index (χ0n) is 16.9. The molecule has 5 nitrogen and oxygen atoms in total. The Hall–Kier alpha value is -1.17. The first kappa shape index (κ1) is 18.8. The van der Waals surface area contributed by atoms with Crippen LogP contribution in [0.5, 0.6) is 0 Å². The standard InChI is InChI=1S/C23H32O5/c1-20-7-3-15(24)12-22(20,26)9-5-18-17(20)4-8-21(2)16(6-10-23(18,21)27)14-11-19(25)28-13-14/h6,11,15,17-18,24,26-27H,3-5,7-10,12-13H2,1-2H3. The number of ether oxygens (including phenoxy) is 1. The van der Waals surface area contributed by atoms with Crippen LogP contribution in [0.2, 0.25) is 0 Å². The Kier molecular flexibility index (Phi) is 3.84. The van der Waals surface area contributed by atoms with Crippen LogP contribution < -0.4 is 0 Å². The SMILES string of the molecule is CC12CCC3C(CCC4(O)CC(O)CCC34C)C1(O)CC=C2C1=CC(=O)OC1. The minimum atomic E-state index is -0.849. The summed E-state index contributed by atoms with van der Waals surface area (Å²) in [5.74, 6) is 0.0822. The molecule has 4 aliphatic carbocycles. The summed E-state index contributed by atoms with van der Waals surface area (Å²) >= 11 is 0. The van der Waals surface area contributed by atoms with Crippen LogP contribution >= 0.6 is 0 Å². The van der Waals surface area contributed by atoms with Gasteiger partial charge in [-0.15, -0.1) is 0 Å². The topological polar surface area (TPSA) is 87.0 Å². The average molecular weight is 389 g/mol. The van der Waals surface area contributed by atoms with E-state index in [1.807, 2.05) is 0 Å². The second kappa shape index (κ2) is 5.71. The predicted octanol–water partition coefficient (Wildman–Crippen LogP) is 2.64. The molecular weight excluding hydrogens is 356 g/mol. The molecule has 5 rings (SSSR count). The molecule has 5 heteroatoms. The maximum absolute atomic E-state index is 12.1. The van der Waals surface area contributed by atoms with Crippen molar-refractivity contribution in [2.75, 3.05) is 6.61 Å². The van der Waals surface area contributed by atoms with Crippen molar-refractivity contribution in [2.24, 2.45) is 22.7 Å². The molecule has 1 aliphatic heterocycles.